The summed E-state index contributed by atoms with van der Waals surface area (Å²) in [6, 6.07) is 54.0. The number of nitrogens with zero attached hydrogens (tertiary/aromatic N) is 2. The van der Waals surface area contributed by atoms with Crippen molar-refractivity contribution in [2.24, 2.45) is 11.5 Å². The molecule has 0 spiro atoms. The van der Waals surface area contributed by atoms with Crippen molar-refractivity contribution in [2.75, 3.05) is 0 Å². The van der Waals surface area contributed by atoms with Crippen LogP contribution in [0.2, 0.25) is 0 Å². The number of ether oxygens (including phenoxy) is 1. The van der Waals surface area contributed by atoms with Gasteiger partial charge in [-0.1, -0.05) is 146 Å². The standard InChI is InChI=1S/C24H28N2O2.C19H22N2O.C16H13N/c1-17(26-22(27)28-23(2,3)4)15-24(16-25)20-11-7-5-9-18(20)13-14-19-10-6-8-12-21(19)24;1-13(20)12-19(18(21)22)16-8-4-2-6-14(16)10-11-15-7-3-5-9-17(15)19;17-11-16-14-7-3-1-5-12(14)9-10-13-6-2-4-8-15(13)16/h5-12,17H,13-15H2,1-4H3,(H,26,27);2-9,13H,10-12,20H2,1H3,(H2,21,22);1-8,16H,9-10H2/t17-;13-;/m00./s1. The minimum Gasteiger partial charge on any atom is -0.444 e. The lowest BCUT2D eigenvalue weighted by molar-refractivity contribution is -0.122. The maximum absolute atomic E-state index is 12.7. The summed E-state index contributed by atoms with van der Waals surface area (Å²) >= 11 is 0. The first-order valence-electron chi connectivity index (χ1n) is 23.6. The highest BCUT2D eigenvalue weighted by atomic mass is 16.6. The van der Waals surface area contributed by atoms with Gasteiger partial charge < -0.3 is 21.5 Å². The number of hydrogen-bond donors (Lipinski definition) is 3. The van der Waals surface area contributed by atoms with Gasteiger partial charge in [-0.25, -0.2) is 4.79 Å². The Morgan fingerprint density at radius 1 is 0.612 bits per heavy atom. The molecule has 8 heteroatoms. The molecule has 0 aromatic heterocycles. The van der Waals surface area contributed by atoms with E-state index >= 15 is 0 Å². The van der Waals surface area contributed by atoms with Crippen LogP contribution in [0.4, 0.5) is 4.79 Å². The van der Waals surface area contributed by atoms with Crippen LogP contribution in [0.15, 0.2) is 146 Å². The predicted octanol–water partition coefficient (Wildman–Crippen LogP) is 10.6. The Morgan fingerprint density at radius 3 is 1.34 bits per heavy atom. The summed E-state index contributed by atoms with van der Waals surface area (Å²) in [5.74, 6) is -0.420. The molecule has 3 aliphatic rings. The number of alkyl carbamates (subject to hydrolysis) is 1. The van der Waals surface area contributed by atoms with Gasteiger partial charge in [0.25, 0.3) is 0 Å². The summed E-state index contributed by atoms with van der Waals surface area (Å²) in [5, 5.41) is 22.8. The van der Waals surface area contributed by atoms with Gasteiger partial charge in [0, 0.05) is 12.1 Å². The van der Waals surface area contributed by atoms with Gasteiger partial charge in [0.05, 0.1) is 18.1 Å². The molecule has 0 saturated heterocycles. The third-order valence-corrected chi connectivity index (χ3v) is 13.4. The molecule has 0 unspecified atom stereocenters. The molecular formula is C59H63N5O3. The van der Waals surface area contributed by atoms with E-state index in [2.05, 4.69) is 90.3 Å². The van der Waals surface area contributed by atoms with E-state index in [4.69, 9.17) is 16.2 Å². The Hall–Kier alpha value is -7.00. The zero-order chi connectivity index (χ0) is 47.8. The van der Waals surface area contributed by atoms with Crippen LogP contribution in [-0.4, -0.2) is 29.7 Å². The minimum absolute atomic E-state index is 0.107. The van der Waals surface area contributed by atoms with Gasteiger partial charge in [0.2, 0.25) is 5.91 Å². The second-order valence-corrected chi connectivity index (χ2v) is 19.3. The minimum atomic E-state index is -0.835. The van der Waals surface area contributed by atoms with E-state index in [0.717, 1.165) is 60.8 Å². The van der Waals surface area contributed by atoms with Crippen molar-refractivity contribution in [2.45, 2.75) is 120 Å². The zero-order valence-electron chi connectivity index (χ0n) is 39.5. The average molecular weight is 890 g/mol. The van der Waals surface area contributed by atoms with Crippen LogP contribution in [0.5, 0.6) is 0 Å². The number of hydrogen-bond acceptors (Lipinski definition) is 6. The molecule has 342 valence electrons. The van der Waals surface area contributed by atoms with Crippen LogP contribution >= 0.6 is 0 Å². The number of nitriles is 2. The summed E-state index contributed by atoms with van der Waals surface area (Å²) in [6.07, 6.45) is 6.27. The fraction of sp³-hybridized carbons (Fsp3) is 0.322. The molecule has 3 aliphatic carbocycles. The van der Waals surface area contributed by atoms with Crippen molar-refractivity contribution in [1.29, 1.82) is 10.5 Å². The first-order chi connectivity index (χ1) is 32.2. The van der Waals surface area contributed by atoms with Gasteiger partial charge in [-0.15, -0.1) is 0 Å². The van der Waals surface area contributed by atoms with E-state index in [-0.39, 0.29) is 23.9 Å². The Balaban J connectivity index is 0.000000154. The van der Waals surface area contributed by atoms with E-state index in [1.54, 1.807) is 0 Å². The lowest BCUT2D eigenvalue weighted by Gasteiger charge is -2.34. The highest BCUT2D eigenvalue weighted by Gasteiger charge is 2.45. The van der Waals surface area contributed by atoms with E-state index in [1.807, 2.05) is 107 Å². The third-order valence-electron chi connectivity index (χ3n) is 13.4. The van der Waals surface area contributed by atoms with Crippen molar-refractivity contribution >= 4 is 12.0 Å². The molecule has 5 N–H and O–H groups in total. The number of aryl methyl sites for hydroxylation is 6. The molecule has 6 aromatic carbocycles. The number of rotatable bonds is 6. The van der Waals surface area contributed by atoms with Gasteiger partial charge in [0.1, 0.15) is 16.4 Å². The SMILES string of the molecule is C[C@@H](CC1(C#N)c2ccccc2CCc2ccccc21)NC(=O)OC(C)(C)C.C[C@H](N)CC1(C(N)=O)c2ccccc2CCc2ccccc21.N#CC1c2ccccc2CCc2ccccc21. The molecule has 0 saturated carbocycles. The van der Waals surface area contributed by atoms with Crippen LogP contribution in [0.3, 0.4) is 0 Å². The van der Waals surface area contributed by atoms with Crippen LogP contribution in [0, 0.1) is 22.7 Å². The second kappa shape index (κ2) is 20.7. The van der Waals surface area contributed by atoms with Gasteiger partial charge in [-0.05, 0) is 153 Å². The molecular weight excluding hydrogens is 827 g/mol. The van der Waals surface area contributed by atoms with Crippen molar-refractivity contribution < 1.29 is 14.3 Å². The maximum Gasteiger partial charge on any atom is 0.407 e. The van der Waals surface area contributed by atoms with Crippen molar-refractivity contribution in [3.63, 3.8) is 0 Å². The van der Waals surface area contributed by atoms with E-state index in [1.165, 1.54) is 44.5 Å². The molecule has 6 aromatic rings. The molecule has 9 rings (SSSR count). The molecule has 8 nitrogen and oxygen atoms in total. The van der Waals surface area contributed by atoms with Crippen molar-refractivity contribution in [3.05, 3.63) is 212 Å². The predicted molar refractivity (Wildman–Crippen MR) is 266 cm³/mol. The third kappa shape index (κ3) is 10.4. The van der Waals surface area contributed by atoms with E-state index in [0.29, 0.717) is 12.8 Å². The summed E-state index contributed by atoms with van der Waals surface area (Å²) in [5.41, 5.74) is 23.8. The van der Waals surface area contributed by atoms with Gasteiger partial charge >= 0.3 is 6.09 Å². The maximum atomic E-state index is 12.7. The van der Waals surface area contributed by atoms with Crippen LogP contribution < -0.4 is 16.8 Å². The number of benzene rings is 6. The lowest BCUT2D eigenvalue weighted by atomic mass is 9.68. The first-order valence-corrected chi connectivity index (χ1v) is 23.6. The van der Waals surface area contributed by atoms with Gasteiger partial charge in [-0.2, -0.15) is 10.5 Å². The van der Waals surface area contributed by atoms with Crippen LogP contribution in [-0.2, 0) is 58.9 Å². The van der Waals surface area contributed by atoms with E-state index in [9.17, 15) is 20.1 Å². The number of nitrogens with two attached hydrogens (primary N) is 2. The number of amides is 2. The van der Waals surface area contributed by atoms with E-state index < -0.39 is 22.5 Å². The topological polar surface area (TPSA) is 155 Å². The van der Waals surface area contributed by atoms with Crippen molar-refractivity contribution in [1.82, 2.24) is 5.32 Å². The fourth-order valence-electron chi connectivity index (χ4n) is 10.6. The number of carbonyl (C=O) groups is 2. The zero-order valence-corrected chi connectivity index (χ0v) is 39.5. The number of primary amides is 1. The Morgan fingerprint density at radius 2 is 0.970 bits per heavy atom. The Bertz CT molecular complexity index is 2660. The number of carbonyl (C=O) groups excluding carboxylic acids is 2. The molecule has 0 aliphatic heterocycles. The molecule has 2 atom stereocenters. The summed E-state index contributed by atoms with van der Waals surface area (Å²) < 4.78 is 5.39. The summed E-state index contributed by atoms with van der Waals surface area (Å²) in [6.45, 7) is 9.38. The first kappa shape index (κ1) is 47.9. The molecule has 0 radical (unpaired) electrons. The lowest BCUT2D eigenvalue weighted by Crippen LogP contribution is -2.46. The number of fused-ring (bicyclic) bond motifs is 6. The largest absolute Gasteiger partial charge is 0.444 e. The van der Waals surface area contributed by atoms with Crippen LogP contribution in [0.1, 0.15) is 120 Å². The summed E-state index contributed by atoms with van der Waals surface area (Å²) in [4.78, 5) is 24.9. The molecule has 0 fully saturated rings. The second-order valence-electron chi connectivity index (χ2n) is 19.3. The molecule has 0 heterocycles. The normalized spacial score (nSPS) is 15.9. The quantitative estimate of drug-likeness (QED) is 0.151. The molecule has 2 amide bonds. The number of nitrogens with one attached hydrogen (secondary N) is 1. The molecule has 67 heavy (non-hydrogen) atoms. The van der Waals surface area contributed by atoms with Crippen molar-refractivity contribution in [3.8, 4) is 12.1 Å². The Labute approximate surface area is 397 Å². The van der Waals surface area contributed by atoms with Gasteiger partial charge in [-0.3, -0.25) is 4.79 Å². The average Bonchev–Trinajstić information content (AvgIpc) is 3.63. The summed E-state index contributed by atoms with van der Waals surface area (Å²) in [7, 11) is 0. The van der Waals surface area contributed by atoms with Gasteiger partial charge in [0.15, 0.2) is 0 Å². The highest BCUT2D eigenvalue weighted by molar-refractivity contribution is 5.92. The monoisotopic (exact) mass is 889 g/mol. The Kier molecular flexibility index (Phi) is 14.8. The van der Waals surface area contributed by atoms with Crippen LogP contribution in [0.25, 0.3) is 0 Å². The molecule has 0 bridgehead atoms. The highest BCUT2D eigenvalue weighted by Crippen LogP contribution is 2.44. The fourth-order valence-corrected chi connectivity index (χ4v) is 10.6. The smallest absolute Gasteiger partial charge is 0.407 e.